The van der Waals surface area contributed by atoms with Crippen LogP contribution in [0, 0.1) is 0 Å². The number of likely N-dealkylation sites (N-methyl/N-ethyl adjacent to an activating group) is 1. The first kappa shape index (κ1) is 21.6. The summed E-state index contributed by atoms with van der Waals surface area (Å²) in [6.45, 7) is 2.67. The van der Waals surface area contributed by atoms with Crippen LogP contribution in [0.3, 0.4) is 0 Å². The molecule has 1 saturated carbocycles. The summed E-state index contributed by atoms with van der Waals surface area (Å²) in [5.74, 6) is -0.0939. The Kier molecular flexibility index (Phi) is 8.28. The van der Waals surface area contributed by atoms with E-state index in [0.29, 0.717) is 19.0 Å². The van der Waals surface area contributed by atoms with Gasteiger partial charge in [-0.3, -0.25) is 14.7 Å². The fraction of sp³-hybridized carbons (Fsp3) is 0.682. The molecule has 7 nitrogen and oxygen atoms in total. The van der Waals surface area contributed by atoms with Gasteiger partial charge in [0.05, 0.1) is 6.54 Å². The molecule has 7 heteroatoms. The molecule has 1 unspecified atom stereocenters. The first-order valence-electron chi connectivity index (χ1n) is 11.0. The highest BCUT2D eigenvalue weighted by atomic mass is 16.2. The molecule has 0 bridgehead atoms. The van der Waals surface area contributed by atoms with Crippen molar-refractivity contribution in [3.05, 3.63) is 30.1 Å². The average Bonchev–Trinajstić information content (AvgIpc) is 2.77. The standard InChI is InChI=1S/C22H35N5O2/c1-26(15-12-18-8-5-6-13-23-18)21(28)16-24-22(29)25-19-9-7-14-27(17-19)20-10-3-2-4-11-20/h5-6,8,13,19-20H,2-4,7,9-12,14-17H2,1H3,(H2,24,25,29). The summed E-state index contributed by atoms with van der Waals surface area (Å²) in [5, 5.41) is 5.80. The summed E-state index contributed by atoms with van der Waals surface area (Å²) in [6.07, 6.45) is 11.2. The number of hydrogen-bond donors (Lipinski definition) is 2. The van der Waals surface area contributed by atoms with Crippen LogP contribution in [-0.4, -0.2) is 72.0 Å². The number of nitrogens with zero attached hydrogens (tertiary/aromatic N) is 3. The first-order valence-corrected chi connectivity index (χ1v) is 11.0. The van der Waals surface area contributed by atoms with E-state index < -0.39 is 0 Å². The lowest BCUT2D eigenvalue weighted by Gasteiger charge is -2.40. The Labute approximate surface area is 174 Å². The molecule has 1 aromatic rings. The molecule has 0 spiro atoms. The van der Waals surface area contributed by atoms with Crippen LogP contribution in [0.4, 0.5) is 4.79 Å². The van der Waals surface area contributed by atoms with Crippen LogP contribution in [0.2, 0.25) is 0 Å². The highest BCUT2D eigenvalue weighted by Gasteiger charge is 2.27. The van der Waals surface area contributed by atoms with Crippen molar-refractivity contribution in [2.24, 2.45) is 0 Å². The molecule has 160 valence electrons. The van der Waals surface area contributed by atoms with E-state index in [1.807, 2.05) is 18.2 Å². The molecule has 3 amide bonds. The lowest BCUT2D eigenvalue weighted by molar-refractivity contribution is -0.128. The van der Waals surface area contributed by atoms with Crippen LogP contribution in [-0.2, 0) is 11.2 Å². The molecule has 29 heavy (non-hydrogen) atoms. The normalized spacial score (nSPS) is 20.8. The Bertz CT molecular complexity index is 648. The van der Waals surface area contributed by atoms with Crippen molar-refractivity contribution < 1.29 is 9.59 Å². The Morgan fingerprint density at radius 2 is 2.00 bits per heavy atom. The fourth-order valence-electron chi connectivity index (χ4n) is 4.38. The topological polar surface area (TPSA) is 77.6 Å². The van der Waals surface area contributed by atoms with Crippen LogP contribution < -0.4 is 10.6 Å². The largest absolute Gasteiger partial charge is 0.344 e. The van der Waals surface area contributed by atoms with Gasteiger partial charge in [0.25, 0.3) is 0 Å². The quantitative estimate of drug-likeness (QED) is 0.734. The molecule has 1 aliphatic heterocycles. The highest BCUT2D eigenvalue weighted by Crippen LogP contribution is 2.25. The molecule has 2 fully saturated rings. The number of rotatable bonds is 7. The second kappa shape index (κ2) is 11.1. The summed E-state index contributed by atoms with van der Waals surface area (Å²) < 4.78 is 0. The zero-order valence-electron chi connectivity index (χ0n) is 17.6. The number of carbonyl (C=O) groups excluding carboxylic acids is 2. The van der Waals surface area contributed by atoms with Gasteiger partial charge in [-0.05, 0) is 44.4 Å². The Balaban J connectivity index is 1.34. The zero-order valence-corrected chi connectivity index (χ0v) is 17.6. The predicted molar refractivity (Wildman–Crippen MR) is 114 cm³/mol. The average molecular weight is 402 g/mol. The molecule has 2 heterocycles. The van der Waals surface area contributed by atoms with Crippen LogP contribution in [0.5, 0.6) is 0 Å². The number of likely N-dealkylation sites (tertiary alicyclic amines) is 1. The van der Waals surface area contributed by atoms with Crippen LogP contribution in [0.15, 0.2) is 24.4 Å². The van der Waals surface area contributed by atoms with Gasteiger partial charge in [-0.25, -0.2) is 4.79 Å². The minimum Gasteiger partial charge on any atom is -0.344 e. The Morgan fingerprint density at radius 3 is 2.76 bits per heavy atom. The molecule has 1 saturated heterocycles. The summed E-state index contributed by atoms with van der Waals surface area (Å²) >= 11 is 0. The van der Waals surface area contributed by atoms with Crippen LogP contribution in [0.1, 0.15) is 50.6 Å². The van der Waals surface area contributed by atoms with Gasteiger partial charge in [0.1, 0.15) is 0 Å². The number of amides is 3. The van der Waals surface area contributed by atoms with Gasteiger partial charge in [0.15, 0.2) is 0 Å². The molecule has 0 aromatic carbocycles. The number of hydrogen-bond acceptors (Lipinski definition) is 4. The summed E-state index contributed by atoms with van der Waals surface area (Å²) in [6, 6.07) is 6.38. The summed E-state index contributed by atoms with van der Waals surface area (Å²) in [4.78, 5) is 33.0. The van der Waals surface area contributed by atoms with E-state index in [0.717, 1.165) is 31.6 Å². The van der Waals surface area contributed by atoms with Gasteiger partial charge in [-0.2, -0.15) is 0 Å². The molecule has 3 rings (SSSR count). The molecule has 1 atom stereocenters. The number of urea groups is 1. The maximum Gasteiger partial charge on any atom is 0.315 e. The molecule has 0 radical (unpaired) electrons. The number of nitrogens with one attached hydrogen (secondary N) is 2. The molecule has 2 N–H and O–H groups in total. The molecule has 1 aromatic heterocycles. The maximum absolute atomic E-state index is 12.3. The van der Waals surface area contributed by atoms with E-state index in [2.05, 4.69) is 20.5 Å². The van der Waals surface area contributed by atoms with E-state index >= 15 is 0 Å². The van der Waals surface area contributed by atoms with Gasteiger partial charge < -0.3 is 15.5 Å². The van der Waals surface area contributed by atoms with Crippen molar-refractivity contribution in [3.8, 4) is 0 Å². The molecular formula is C22H35N5O2. The number of piperidine rings is 1. The van der Waals surface area contributed by atoms with Gasteiger partial charge in [-0.1, -0.05) is 25.3 Å². The molecule has 2 aliphatic rings. The number of aromatic nitrogens is 1. The minimum atomic E-state index is -0.244. The van der Waals surface area contributed by atoms with E-state index in [9.17, 15) is 9.59 Å². The van der Waals surface area contributed by atoms with Crippen molar-refractivity contribution >= 4 is 11.9 Å². The van der Waals surface area contributed by atoms with Gasteiger partial charge in [0, 0.05) is 50.5 Å². The van der Waals surface area contributed by atoms with Crippen LogP contribution in [0.25, 0.3) is 0 Å². The highest BCUT2D eigenvalue weighted by molar-refractivity contribution is 5.83. The lowest BCUT2D eigenvalue weighted by atomic mass is 9.92. The minimum absolute atomic E-state index is 0.0175. The summed E-state index contributed by atoms with van der Waals surface area (Å²) in [5.41, 5.74) is 0.956. The van der Waals surface area contributed by atoms with Gasteiger partial charge in [0.2, 0.25) is 5.91 Å². The van der Waals surface area contributed by atoms with Crippen LogP contribution >= 0.6 is 0 Å². The van der Waals surface area contributed by atoms with Crippen molar-refractivity contribution in [1.29, 1.82) is 0 Å². The zero-order chi connectivity index (χ0) is 20.5. The third-order valence-corrected chi connectivity index (χ3v) is 6.13. The smallest absolute Gasteiger partial charge is 0.315 e. The Morgan fingerprint density at radius 1 is 1.17 bits per heavy atom. The molecular weight excluding hydrogens is 366 g/mol. The van der Waals surface area contributed by atoms with Gasteiger partial charge >= 0.3 is 6.03 Å². The Hall–Kier alpha value is -2.15. The van der Waals surface area contributed by atoms with Crippen molar-refractivity contribution in [1.82, 2.24) is 25.4 Å². The molecule has 1 aliphatic carbocycles. The second-order valence-corrected chi connectivity index (χ2v) is 8.34. The number of carbonyl (C=O) groups is 2. The third kappa shape index (κ3) is 6.99. The predicted octanol–water partition coefficient (Wildman–Crippen LogP) is 2.18. The second-order valence-electron chi connectivity index (χ2n) is 8.34. The SMILES string of the molecule is CN(CCc1ccccn1)C(=O)CNC(=O)NC1CCCN(C2CCCCC2)C1. The lowest BCUT2D eigenvalue weighted by Crippen LogP contribution is -2.54. The maximum atomic E-state index is 12.3. The van der Waals surface area contributed by atoms with E-state index in [-0.39, 0.29) is 24.5 Å². The van der Waals surface area contributed by atoms with E-state index in [1.165, 1.54) is 32.1 Å². The monoisotopic (exact) mass is 401 g/mol. The number of pyridine rings is 1. The third-order valence-electron chi connectivity index (χ3n) is 6.13. The van der Waals surface area contributed by atoms with E-state index in [1.54, 1.807) is 18.1 Å². The van der Waals surface area contributed by atoms with Crippen molar-refractivity contribution in [2.75, 3.05) is 33.2 Å². The van der Waals surface area contributed by atoms with Gasteiger partial charge in [-0.15, -0.1) is 0 Å². The summed E-state index contributed by atoms with van der Waals surface area (Å²) in [7, 11) is 1.76. The van der Waals surface area contributed by atoms with E-state index in [4.69, 9.17) is 0 Å². The van der Waals surface area contributed by atoms with Crippen molar-refractivity contribution in [3.63, 3.8) is 0 Å². The first-order chi connectivity index (χ1) is 14.1. The van der Waals surface area contributed by atoms with Crippen molar-refractivity contribution in [2.45, 2.75) is 63.5 Å². The fourth-order valence-corrected chi connectivity index (χ4v) is 4.38.